The minimum atomic E-state index is 0.0786. The molecular formula is C13H24N2O. The van der Waals surface area contributed by atoms with E-state index < -0.39 is 0 Å². The molecule has 2 fully saturated rings. The summed E-state index contributed by atoms with van der Waals surface area (Å²) >= 11 is 0. The molecule has 2 aliphatic rings. The molecule has 0 aromatic carbocycles. The number of amides is 1. The highest BCUT2D eigenvalue weighted by atomic mass is 16.2. The van der Waals surface area contributed by atoms with Gasteiger partial charge in [0.15, 0.2) is 0 Å². The molecule has 1 aliphatic carbocycles. The first-order valence-electron chi connectivity index (χ1n) is 6.61. The van der Waals surface area contributed by atoms with Crippen molar-refractivity contribution in [2.75, 3.05) is 6.54 Å². The Labute approximate surface area is 98.4 Å². The minimum Gasteiger partial charge on any atom is -0.352 e. The summed E-state index contributed by atoms with van der Waals surface area (Å²) in [6, 6.07) is 0.498. The van der Waals surface area contributed by atoms with E-state index in [0.29, 0.717) is 11.5 Å². The maximum atomic E-state index is 11.9. The molecule has 1 saturated heterocycles. The van der Waals surface area contributed by atoms with E-state index in [1.165, 1.54) is 12.8 Å². The van der Waals surface area contributed by atoms with Gasteiger partial charge < -0.3 is 10.6 Å². The molecule has 0 unspecified atom stereocenters. The van der Waals surface area contributed by atoms with Gasteiger partial charge in [0.1, 0.15) is 0 Å². The number of carbonyl (C=O) groups excluding carboxylic acids is 1. The van der Waals surface area contributed by atoms with Crippen LogP contribution in [0.1, 0.15) is 52.4 Å². The molecule has 16 heavy (non-hydrogen) atoms. The second kappa shape index (κ2) is 4.74. The third-order valence-electron chi connectivity index (χ3n) is 4.06. The molecule has 1 aliphatic heterocycles. The van der Waals surface area contributed by atoms with E-state index >= 15 is 0 Å². The standard InChI is InChI=1S/C13H24N2O/c1-13(2)7-5-10(6-8-13)15-12(16)11-4-3-9-14-11/h10-11,14H,3-9H2,1-2H3,(H,15,16)/t11-/m1/s1. The summed E-state index contributed by atoms with van der Waals surface area (Å²) in [7, 11) is 0. The molecule has 0 radical (unpaired) electrons. The lowest BCUT2D eigenvalue weighted by atomic mass is 9.75. The third kappa shape index (κ3) is 2.97. The maximum Gasteiger partial charge on any atom is 0.237 e. The van der Waals surface area contributed by atoms with Crippen molar-refractivity contribution in [3.63, 3.8) is 0 Å². The summed E-state index contributed by atoms with van der Waals surface area (Å²) in [5.41, 5.74) is 0.479. The molecule has 0 bridgehead atoms. The Bertz CT molecular complexity index is 247. The Morgan fingerprint density at radius 1 is 1.25 bits per heavy atom. The predicted octanol–water partition coefficient (Wildman–Crippen LogP) is 1.82. The van der Waals surface area contributed by atoms with Crippen LogP contribution in [0.3, 0.4) is 0 Å². The zero-order valence-corrected chi connectivity index (χ0v) is 10.5. The van der Waals surface area contributed by atoms with Gasteiger partial charge in [-0.3, -0.25) is 4.79 Å². The lowest BCUT2D eigenvalue weighted by Crippen LogP contribution is -2.46. The van der Waals surface area contributed by atoms with Crippen molar-refractivity contribution in [3.05, 3.63) is 0 Å². The van der Waals surface area contributed by atoms with Gasteiger partial charge in [-0.2, -0.15) is 0 Å². The van der Waals surface area contributed by atoms with E-state index in [2.05, 4.69) is 24.5 Å². The topological polar surface area (TPSA) is 41.1 Å². The molecule has 2 N–H and O–H groups in total. The van der Waals surface area contributed by atoms with Crippen LogP contribution >= 0.6 is 0 Å². The van der Waals surface area contributed by atoms with Crippen LogP contribution in [-0.4, -0.2) is 24.5 Å². The number of hydrogen-bond donors (Lipinski definition) is 2. The van der Waals surface area contributed by atoms with E-state index in [9.17, 15) is 4.79 Å². The fourth-order valence-electron chi connectivity index (χ4n) is 2.75. The van der Waals surface area contributed by atoms with Gasteiger partial charge in [0.05, 0.1) is 6.04 Å². The molecule has 2 rings (SSSR count). The first-order chi connectivity index (χ1) is 7.57. The van der Waals surface area contributed by atoms with Crippen molar-refractivity contribution in [2.45, 2.75) is 64.5 Å². The van der Waals surface area contributed by atoms with E-state index in [1.54, 1.807) is 0 Å². The van der Waals surface area contributed by atoms with E-state index in [4.69, 9.17) is 0 Å². The molecule has 1 amide bonds. The van der Waals surface area contributed by atoms with E-state index in [-0.39, 0.29) is 11.9 Å². The molecular weight excluding hydrogens is 200 g/mol. The molecule has 1 heterocycles. The minimum absolute atomic E-state index is 0.0786. The Morgan fingerprint density at radius 3 is 2.50 bits per heavy atom. The molecule has 1 atom stereocenters. The van der Waals surface area contributed by atoms with Gasteiger partial charge in [0.25, 0.3) is 0 Å². The smallest absolute Gasteiger partial charge is 0.237 e. The van der Waals surface area contributed by atoms with Crippen molar-refractivity contribution in [3.8, 4) is 0 Å². The molecule has 3 heteroatoms. The van der Waals surface area contributed by atoms with Gasteiger partial charge >= 0.3 is 0 Å². The number of nitrogens with one attached hydrogen (secondary N) is 2. The highest BCUT2D eigenvalue weighted by Crippen LogP contribution is 2.35. The summed E-state index contributed by atoms with van der Waals surface area (Å²) in [5, 5.41) is 6.45. The van der Waals surface area contributed by atoms with Crippen LogP contribution in [0.4, 0.5) is 0 Å². The van der Waals surface area contributed by atoms with Crippen molar-refractivity contribution >= 4 is 5.91 Å². The average molecular weight is 224 g/mol. The first kappa shape index (κ1) is 11.9. The van der Waals surface area contributed by atoms with Crippen molar-refractivity contribution in [1.29, 1.82) is 0 Å². The van der Waals surface area contributed by atoms with Crippen LogP contribution in [0.5, 0.6) is 0 Å². The maximum absolute atomic E-state index is 11.9. The Kier molecular flexibility index (Phi) is 3.53. The fraction of sp³-hybridized carbons (Fsp3) is 0.923. The second-order valence-corrected chi connectivity index (χ2v) is 6.10. The third-order valence-corrected chi connectivity index (χ3v) is 4.06. The predicted molar refractivity (Wildman–Crippen MR) is 65.2 cm³/mol. The van der Waals surface area contributed by atoms with Gasteiger partial charge in [-0.1, -0.05) is 13.8 Å². The zero-order chi connectivity index (χ0) is 11.6. The zero-order valence-electron chi connectivity index (χ0n) is 10.5. The van der Waals surface area contributed by atoms with Crippen molar-refractivity contribution in [1.82, 2.24) is 10.6 Å². The molecule has 0 aromatic heterocycles. The van der Waals surface area contributed by atoms with Gasteiger partial charge in [-0.15, -0.1) is 0 Å². The number of carbonyl (C=O) groups is 1. The van der Waals surface area contributed by atoms with Crippen molar-refractivity contribution < 1.29 is 4.79 Å². The fourth-order valence-corrected chi connectivity index (χ4v) is 2.75. The Balaban J connectivity index is 1.76. The van der Waals surface area contributed by atoms with Crippen LogP contribution in [0.2, 0.25) is 0 Å². The molecule has 1 saturated carbocycles. The van der Waals surface area contributed by atoms with E-state index in [0.717, 1.165) is 32.2 Å². The van der Waals surface area contributed by atoms with Crippen LogP contribution in [0.15, 0.2) is 0 Å². The molecule has 92 valence electrons. The number of hydrogen-bond acceptors (Lipinski definition) is 2. The summed E-state index contributed by atoms with van der Waals surface area (Å²) in [6.07, 6.45) is 6.89. The Morgan fingerprint density at radius 2 is 1.94 bits per heavy atom. The van der Waals surface area contributed by atoms with Gasteiger partial charge in [0, 0.05) is 6.04 Å². The Hall–Kier alpha value is -0.570. The second-order valence-electron chi connectivity index (χ2n) is 6.10. The van der Waals surface area contributed by atoms with Gasteiger partial charge in [-0.25, -0.2) is 0 Å². The normalized spacial score (nSPS) is 30.2. The lowest BCUT2D eigenvalue weighted by Gasteiger charge is -2.35. The quantitative estimate of drug-likeness (QED) is 0.751. The average Bonchev–Trinajstić information content (AvgIpc) is 2.74. The van der Waals surface area contributed by atoms with Crippen LogP contribution < -0.4 is 10.6 Å². The largest absolute Gasteiger partial charge is 0.352 e. The van der Waals surface area contributed by atoms with E-state index in [1.807, 2.05) is 0 Å². The summed E-state index contributed by atoms with van der Waals surface area (Å²) < 4.78 is 0. The number of rotatable bonds is 2. The van der Waals surface area contributed by atoms with Gasteiger partial charge in [0.2, 0.25) is 5.91 Å². The highest BCUT2D eigenvalue weighted by Gasteiger charge is 2.29. The monoisotopic (exact) mass is 224 g/mol. The molecule has 0 spiro atoms. The van der Waals surface area contributed by atoms with Crippen LogP contribution in [0.25, 0.3) is 0 Å². The van der Waals surface area contributed by atoms with Crippen molar-refractivity contribution in [2.24, 2.45) is 5.41 Å². The summed E-state index contributed by atoms with van der Waals surface area (Å²) in [6.45, 7) is 5.64. The first-order valence-corrected chi connectivity index (χ1v) is 6.61. The molecule has 0 aromatic rings. The van der Waals surface area contributed by atoms with Gasteiger partial charge in [-0.05, 0) is 50.5 Å². The summed E-state index contributed by atoms with van der Waals surface area (Å²) in [4.78, 5) is 11.9. The molecule has 3 nitrogen and oxygen atoms in total. The van der Waals surface area contributed by atoms with Crippen LogP contribution in [0, 0.1) is 5.41 Å². The lowest BCUT2D eigenvalue weighted by molar-refractivity contribution is -0.123. The SMILES string of the molecule is CC1(C)CCC(NC(=O)[C@H]2CCCN2)CC1. The highest BCUT2D eigenvalue weighted by molar-refractivity contribution is 5.82. The summed E-state index contributed by atoms with van der Waals surface area (Å²) in [5.74, 6) is 0.224. The van der Waals surface area contributed by atoms with Crippen LogP contribution in [-0.2, 0) is 4.79 Å².